The van der Waals surface area contributed by atoms with Gasteiger partial charge in [-0.25, -0.2) is 0 Å². The van der Waals surface area contributed by atoms with Crippen LogP contribution in [0.2, 0.25) is 0 Å². The van der Waals surface area contributed by atoms with Gasteiger partial charge in [-0.3, -0.25) is 4.79 Å². The molecule has 1 fully saturated rings. The van der Waals surface area contributed by atoms with Crippen molar-refractivity contribution in [1.29, 1.82) is 0 Å². The lowest BCUT2D eigenvalue weighted by Gasteiger charge is -2.19. The number of amides is 1. The van der Waals surface area contributed by atoms with Crippen molar-refractivity contribution in [3.63, 3.8) is 0 Å². The lowest BCUT2D eigenvalue weighted by Crippen LogP contribution is -2.41. The van der Waals surface area contributed by atoms with Gasteiger partial charge in [-0.1, -0.05) is 6.42 Å². The van der Waals surface area contributed by atoms with Gasteiger partial charge >= 0.3 is 0 Å². The van der Waals surface area contributed by atoms with Crippen molar-refractivity contribution in [2.75, 3.05) is 13.2 Å². The van der Waals surface area contributed by atoms with Crippen molar-refractivity contribution in [3.8, 4) is 0 Å². The minimum atomic E-state index is -0.151. The second kappa shape index (κ2) is 5.32. The van der Waals surface area contributed by atoms with E-state index in [4.69, 9.17) is 10.8 Å². The van der Waals surface area contributed by atoms with Crippen LogP contribution in [0.3, 0.4) is 0 Å². The molecule has 0 aromatic rings. The highest BCUT2D eigenvalue weighted by Crippen LogP contribution is 2.30. The normalized spacial score (nSPS) is 28.8. The first-order chi connectivity index (χ1) is 6.69. The third-order valence-corrected chi connectivity index (χ3v) is 2.96. The summed E-state index contributed by atoms with van der Waals surface area (Å²) in [5.41, 5.74) is 5.60. The van der Waals surface area contributed by atoms with Gasteiger partial charge in [-0.05, 0) is 32.2 Å². The number of aliphatic hydroxyl groups excluding tert-OH is 1. The molecule has 0 aromatic heterocycles. The van der Waals surface area contributed by atoms with Gasteiger partial charge in [-0.2, -0.15) is 0 Å². The van der Waals surface area contributed by atoms with Crippen LogP contribution < -0.4 is 11.1 Å². The van der Waals surface area contributed by atoms with Gasteiger partial charge in [0.05, 0.1) is 6.61 Å². The van der Waals surface area contributed by atoms with Gasteiger partial charge in [-0.15, -0.1) is 0 Å². The largest absolute Gasteiger partial charge is 0.394 e. The fraction of sp³-hybridized carbons (Fsp3) is 0.900. The SMILES string of the molecule is C[C@H](CO)NC(=O)C1CCCC1CN. The zero-order valence-corrected chi connectivity index (χ0v) is 8.70. The maximum absolute atomic E-state index is 11.7. The van der Waals surface area contributed by atoms with Crippen LogP contribution in [0.4, 0.5) is 0 Å². The molecule has 0 bridgehead atoms. The molecule has 0 spiro atoms. The van der Waals surface area contributed by atoms with E-state index in [-0.39, 0.29) is 24.5 Å². The number of aliphatic hydroxyl groups is 1. The second-order valence-corrected chi connectivity index (χ2v) is 4.13. The average molecular weight is 200 g/mol. The molecule has 1 amide bonds. The highest BCUT2D eigenvalue weighted by molar-refractivity contribution is 5.79. The van der Waals surface area contributed by atoms with Crippen molar-refractivity contribution in [1.82, 2.24) is 5.32 Å². The van der Waals surface area contributed by atoms with E-state index in [1.807, 2.05) is 0 Å². The first kappa shape index (κ1) is 11.5. The van der Waals surface area contributed by atoms with E-state index >= 15 is 0 Å². The van der Waals surface area contributed by atoms with Crippen LogP contribution in [0.5, 0.6) is 0 Å². The third-order valence-electron chi connectivity index (χ3n) is 2.96. The number of hydrogen-bond acceptors (Lipinski definition) is 3. The Morgan fingerprint density at radius 3 is 2.93 bits per heavy atom. The van der Waals surface area contributed by atoms with Gasteiger partial charge in [0.15, 0.2) is 0 Å². The van der Waals surface area contributed by atoms with E-state index in [1.54, 1.807) is 6.92 Å². The summed E-state index contributed by atoms with van der Waals surface area (Å²) < 4.78 is 0. The Kier molecular flexibility index (Phi) is 4.35. The molecule has 4 nitrogen and oxygen atoms in total. The summed E-state index contributed by atoms with van der Waals surface area (Å²) in [6.45, 7) is 2.38. The van der Waals surface area contributed by atoms with E-state index < -0.39 is 0 Å². The van der Waals surface area contributed by atoms with E-state index in [9.17, 15) is 4.79 Å². The molecule has 3 atom stereocenters. The van der Waals surface area contributed by atoms with Gasteiger partial charge in [0.1, 0.15) is 0 Å². The minimum Gasteiger partial charge on any atom is -0.394 e. The lowest BCUT2D eigenvalue weighted by atomic mass is 9.95. The molecule has 82 valence electrons. The summed E-state index contributed by atoms with van der Waals surface area (Å²) in [5, 5.41) is 11.6. The number of nitrogens with one attached hydrogen (secondary N) is 1. The lowest BCUT2D eigenvalue weighted by molar-refractivity contribution is -0.126. The first-order valence-electron chi connectivity index (χ1n) is 5.30. The molecule has 0 saturated heterocycles. The Labute approximate surface area is 84.9 Å². The Balaban J connectivity index is 2.43. The van der Waals surface area contributed by atoms with E-state index in [0.717, 1.165) is 19.3 Å². The van der Waals surface area contributed by atoms with Crippen LogP contribution in [0.1, 0.15) is 26.2 Å². The van der Waals surface area contributed by atoms with Gasteiger partial charge in [0.2, 0.25) is 5.91 Å². The topological polar surface area (TPSA) is 75.3 Å². The standard InChI is InChI=1S/C10H20N2O2/c1-7(6-13)12-10(14)9-4-2-3-8(9)5-11/h7-9,13H,2-6,11H2,1H3,(H,12,14)/t7-,8?,9?/m1/s1. The predicted molar refractivity (Wildman–Crippen MR) is 54.6 cm³/mol. The van der Waals surface area contributed by atoms with Crippen LogP contribution in [-0.2, 0) is 4.79 Å². The van der Waals surface area contributed by atoms with Crippen molar-refractivity contribution in [3.05, 3.63) is 0 Å². The highest BCUT2D eigenvalue weighted by Gasteiger charge is 2.32. The summed E-state index contributed by atoms with van der Waals surface area (Å²) in [6.07, 6.45) is 3.08. The summed E-state index contributed by atoms with van der Waals surface area (Å²) in [5.74, 6) is 0.453. The van der Waals surface area contributed by atoms with Crippen molar-refractivity contribution in [2.24, 2.45) is 17.6 Å². The summed E-state index contributed by atoms with van der Waals surface area (Å²) in [4.78, 5) is 11.7. The molecule has 0 aliphatic heterocycles. The Hall–Kier alpha value is -0.610. The average Bonchev–Trinajstić information content (AvgIpc) is 2.65. The molecular formula is C10H20N2O2. The molecule has 1 aliphatic carbocycles. The minimum absolute atomic E-state index is 0.00818. The van der Waals surface area contributed by atoms with E-state index in [0.29, 0.717) is 12.5 Å². The quantitative estimate of drug-likeness (QED) is 0.591. The summed E-state index contributed by atoms with van der Waals surface area (Å²) in [6, 6.07) is -0.151. The van der Waals surface area contributed by atoms with Crippen molar-refractivity contribution >= 4 is 5.91 Å². The van der Waals surface area contributed by atoms with Crippen LogP contribution in [0.15, 0.2) is 0 Å². The maximum Gasteiger partial charge on any atom is 0.223 e. The van der Waals surface area contributed by atoms with Gasteiger partial charge in [0, 0.05) is 12.0 Å². The Morgan fingerprint density at radius 2 is 2.36 bits per heavy atom. The first-order valence-corrected chi connectivity index (χ1v) is 5.30. The number of carbonyl (C=O) groups is 1. The molecule has 1 rings (SSSR count). The fourth-order valence-corrected chi connectivity index (χ4v) is 2.06. The molecule has 0 heterocycles. The van der Waals surface area contributed by atoms with E-state index in [2.05, 4.69) is 5.32 Å². The number of carbonyl (C=O) groups excluding carboxylic acids is 1. The van der Waals surface area contributed by atoms with Crippen LogP contribution in [0, 0.1) is 11.8 Å². The molecular weight excluding hydrogens is 180 g/mol. The highest BCUT2D eigenvalue weighted by atomic mass is 16.3. The van der Waals surface area contributed by atoms with Crippen LogP contribution in [-0.4, -0.2) is 30.2 Å². The number of rotatable bonds is 4. The molecule has 14 heavy (non-hydrogen) atoms. The molecule has 0 radical (unpaired) electrons. The smallest absolute Gasteiger partial charge is 0.223 e. The van der Waals surface area contributed by atoms with Gasteiger partial charge in [0.25, 0.3) is 0 Å². The second-order valence-electron chi connectivity index (χ2n) is 4.13. The Morgan fingerprint density at radius 1 is 1.64 bits per heavy atom. The molecule has 2 unspecified atom stereocenters. The Bertz CT molecular complexity index is 197. The molecule has 0 aromatic carbocycles. The number of nitrogens with two attached hydrogens (primary N) is 1. The van der Waals surface area contributed by atoms with Crippen LogP contribution in [0.25, 0.3) is 0 Å². The summed E-state index contributed by atoms with van der Waals surface area (Å²) >= 11 is 0. The van der Waals surface area contributed by atoms with Gasteiger partial charge < -0.3 is 16.2 Å². The van der Waals surface area contributed by atoms with E-state index in [1.165, 1.54) is 0 Å². The molecule has 4 N–H and O–H groups in total. The summed E-state index contributed by atoms with van der Waals surface area (Å²) in [7, 11) is 0. The van der Waals surface area contributed by atoms with Crippen LogP contribution >= 0.6 is 0 Å². The molecule has 1 aliphatic rings. The zero-order chi connectivity index (χ0) is 10.6. The monoisotopic (exact) mass is 200 g/mol. The third kappa shape index (κ3) is 2.69. The molecule has 4 heteroatoms. The maximum atomic E-state index is 11.7. The zero-order valence-electron chi connectivity index (χ0n) is 8.70. The molecule has 1 saturated carbocycles. The number of hydrogen-bond donors (Lipinski definition) is 3. The van der Waals surface area contributed by atoms with Crippen molar-refractivity contribution < 1.29 is 9.90 Å². The predicted octanol–water partition coefficient (Wildman–Crippen LogP) is -0.142. The fourth-order valence-electron chi connectivity index (χ4n) is 2.06. The van der Waals surface area contributed by atoms with Crippen molar-refractivity contribution in [2.45, 2.75) is 32.2 Å².